The predicted octanol–water partition coefficient (Wildman–Crippen LogP) is 4.38. The Morgan fingerprint density at radius 3 is 2.38 bits per heavy atom. The van der Waals surface area contributed by atoms with Gasteiger partial charge in [0.05, 0.1) is 5.69 Å². The standard InChI is InChI=1S/C24H16F2N2O3S/c25-17-11-9-15(10-12-17)14-31-21-8-4-1-5-16(21)13-18-22(29)27-24(32)28(23(18)30)20-7-3-2-6-19(20)26/h1-13H,14H2,(H,27,29,32)/b18-13-. The molecule has 1 aliphatic heterocycles. The normalized spacial score (nSPS) is 15.1. The molecule has 0 bridgehead atoms. The minimum Gasteiger partial charge on any atom is -0.488 e. The van der Waals surface area contributed by atoms with E-state index in [1.54, 1.807) is 42.5 Å². The quantitative estimate of drug-likeness (QED) is 0.356. The number of hydrogen-bond donors (Lipinski definition) is 1. The Labute approximate surface area is 187 Å². The van der Waals surface area contributed by atoms with Gasteiger partial charge in [0, 0.05) is 5.56 Å². The van der Waals surface area contributed by atoms with E-state index in [-0.39, 0.29) is 28.8 Å². The molecular weight excluding hydrogens is 434 g/mol. The number of carbonyl (C=O) groups is 2. The molecule has 1 heterocycles. The average Bonchev–Trinajstić information content (AvgIpc) is 2.78. The molecule has 0 aliphatic carbocycles. The number of carbonyl (C=O) groups excluding carboxylic acids is 2. The van der Waals surface area contributed by atoms with E-state index in [0.717, 1.165) is 10.5 Å². The summed E-state index contributed by atoms with van der Waals surface area (Å²) in [6.45, 7) is 0.159. The fourth-order valence-corrected chi connectivity index (χ4v) is 3.41. The van der Waals surface area contributed by atoms with Gasteiger partial charge in [0.15, 0.2) is 5.11 Å². The van der Waals surface area contributed by atoms with Crippen LogP contribution in [0.4, 0.5) is 14.5 Å². The zero-order valence-electron chi connectivity index (χ0n) is 16.5. The third kappa shape index (κ3) is 4.40. The molecule has 32 heavy (non-hydrogen) atoms. The number of nitrogens with one attached hydrogen (secondary N) is 1. The maximum absolute atomic E-state index is 14.3. The monoisotopic (exact) mass is 450 g/mol. The number of anilines is 1. The highest BCUT2D eigenvalue weighted by atomic mass is 32.1. The number of halogens is 2. The first-order valence-electron chi connectivity index (χ1n) is 9.56. The number of para-hydroxylation sites is 2. The maximum Gasteiger partial charge on any atom is 0.270 e. The second kappa shape index (κ2) is 9.07. The zero-order chi connectivity index (χ0) is 22.7. The largest absolute Gasteiger partial charge is 0.488 e. The minimum atomic E-state index is -0.753. The molecule has 3 aromatic carbocycles. The van der Waals surface area contributed by atoms with E-state index < -0.39 is 17.6 Å². The van der Waals surface area contributed by atoms with Crippen LogP contribution < -0.4 is 15.0 Å². The summed E-state index contributed by atoms with van der Waals surface area (Å²) in [5, 5.41) is 2.22. The van der Waals surface area contributed by atoms with Crippen molar-refractivity contribution in [3.63, 3.8) is 0 Å². The van der Waals surface area contributed by atoms with Crippen molar-refractivity contribution in [2.45, 2.75) is 6.61 Å². The molecule has 0 unspecified atom stereocenters. The number of amides is 2. The van der Waals surface area contributed by atoms with Crippen LogP contribution in [0, 0.1) is 11.6 Å². The maximum atomic E-state index is 14.3. The number of ether oxygens (including phenoxy) is 1. The SMILES string of the molecule is O=C1NC(=S)N(c2ccccc2F)C(=O)/C1=C\c1ccccc1OCc1ccc(F)cc1. The van der Waals surface area contributed by atoms with Crippen molar-refractivity contribution < 1.29 is 23.1 Å². The molecular formula is C24H16F2N2O3S. The van der Waals surface area contributed by atoms with Gasteiger partial charge in [-0.3, -0.25) is 14.9 Å². The number of nitrogens with zero attached hydrogens (tertiary/aromatic N) is 1. The zero-order valence-corrected chi connectivity index (χ0v) is 17.4. The molecule has 2 amide bonds. The van der Waals surface area contributed by atoms with Gasteiger partial charge in [0.25, 0.3) is 11.8 Å². The Morgan fingerprint density at radius 2 is 1.62 bits per heavy atom. The highest BCUT2D eigenvalue weighted by Gasteiger charge is 2.35. The lowest BCUT2D eigenvalue weighted by atomic mass is 10.1. The van der Waals surface area contributed by atoms with Gasteiger partial charge < -0.3 is 4.74 Å². The molecule has 1 fully saturated rings. The topological polar surface area (TPSA) is 58.6 Å². The Bertz CT molecular complexity index is 1240. The van der Waals surface area contributed by atoms with Crippen LogP contribution in [0.25, 0.3) is 6.08 Å². The van der Waals surface area contributed by atoms with Crippen LogP contribution in [0.15, 0.2) is 78.4 Å². The van der Waals surface area contributed by atoms with Gasteiger partial charge in [-0.2, -0.15) is 0 Å². The summed E-state index contributed by atoms with van der Waals surface area (Å²) in [7, 11) is 0. The first-order valence-corrected chi connectivity index (χ1v) is 9.97. The van der Waals surface area contributed by atoms with E-state index >= 15 is 0 Å². The molecule has 0 spiro atoms. The highest BCUT2D eigenvalue weighted by molar-refractivity contribution is 7.80. The minimum absolute atomic E-state index is 0.0609. The summed E-state index contributed by atoms with van der Waals surface area (Å²) in [5.74, 6) is -2.03. The molecule has 8 heteroatoms. The van der Waals surface area contributed by atoms with Crippen molar-refractivity contribution in [2.24, 2.45) is 0 Å². The Morgan fingerprint density at radius 1 is 0.938 bits per heavy atom. The molecule has 1 saturated heterocycles. The van der Waals surface area contributed by atoms with Gasteiger partial charge in [-0.15, -0.1) is 0 Å². The summed E-state index contributed by atoms with van der Waals surface area (Å²) in [6.07, 6.45) is 1.37. The molecule has 0 saturated carbocycles. The van der Waals surface area contributed by atoms with Crippen LogP contribution in [0.3, 0.4) is 0 Å². The fourth-order valence-electron chi connectivity index (χ4n) is 3.14. The summed E-state index contributed by atoms with van der Waals surface area (Å²) in [5.41, 5.74) is 0.930. The van der Waals surface area contributed by atoms with Crippen LogP contribution in [0.1, 0.15) is 11.1 Å². The molecule has 4 rings (SSSR count). The number of rotatable bonds is 5. The van der Waals surface area contributed by atoms with Crippen LogP contribution in [-0.4, -0.2) is 16.9 Å². The summed E-state index contributed by atoms with van der Waals surface area (Å²) >= 11 is 5.10. The van der Waals surface area contributed by atoms with E-state index in [0.29, 0.717) is 11.3 Å². The second-order valence-electron chi connectivity index (χ2n) is 6.86. The number of thiocarbonyl (C=S) groups is 1. The molecule has 0 atom stereocenters. The van der Waals surface area contributed by atoms with E-state index in [4.69, 9.17) is 17.0 Å². The fraction of sp³-hybridized carbons (Fsp3) is 0.0417. The lowest BCUT2D eigenvalue weighted by molar-refractivity contribution is -0.122. The van der Waals surface area contributed by atoms with E-state index in [9.17, 15) is 18.4 Å². The van der Waals surface area contributed by atoms with Crippen molar-refractivity contribution in [3.05, 3.63) is 101 Å². The van der Waals surface area contributed by atoms with Crippen molar-refractivity contribution >= 4 is 40.9 Å². The lowest BCUT2D eigenvalue weighted by Gasteiger charge is -2.29. The van der Waals surface area contributed by atoms with Crippen LogP contribution in [-0.2, 0) is 16.2 Å². The number of benzene rings is 3. The molecule has 0 aromatic heterocycles. The first-order chi connectivity index (χ1) is 15.4. The third-order valence-electron chi connectivity index (χ3n) is 4.72. The van der Waals surface area contributed by atoms with Crippen LogP contribution >= 0.6 is 12.2 Å². The van der Waals surface area contributed by atoms with E-state index in [1.165, 1.54) is 36.4 Å². The predicted molar refractivity (Wildman–Crippen MR) is 120 cm³/mol. The Hall–Kier alpha value is -3.91. The molecule has 5 nitrogen and oxygen atoms in total. The van der Waals surface area contributed by atoms with Gasteiger partial charge >= 0.3 is 0 Å². The second-order valence-corrected chi connectivity index (χ2v) is 7.25. The van der Waals surface area contributed by atoms with Crippen molar-refractivity contribution in [1.82, 2.24) is 5.32 Å². The Kier molecular flexibility index (Phi) is 6.04. The smallest absolute Gasteiger partial charge is 0.270 e. The highest BCUT2D eigenvalue weighted by Crippen LogP contribution is 2.27. The molecule has 0 radical (unpaired) electrons. The molecule has 1 aliphatic rings. The summed E-state index contributed by atoms with van der Waals surface area (Å²) < 4.78 is 33.2. The molecule has 3 aromatic rings. The summed E-state index contributed by atoms with van der Waals surface area (Å²) in [4.78, 5) is 26.6. The van der Waals surface area contributed by atoms with Gasteiger partial charge in [-0.25, -0.2) is 13.7 Å². The summed E-state index contributed by atoms with van der Waals surface area (Å²) in [6, 6.07) is 18.3. The molecule has 160 valence electrons. The number of hydrogen-bond acceptors (Lipinski definition) is 4. The van der Waals surface area contributed by atoms with Crippen LogP contribution in [0.2, 0.25) is 0 Å². The van der Waals surface area contributed by atoms with Crippen molar-refractivity contribution in [1.29, 1.82) is 0 Å². The molecule has 1 N–H and O–H groups in total. The third-order valence-corrected chi connectivity index (χ3v) is 5.01. The van der Waals surface area contributed by atoms with E-state index in [2.05, 4.69) is 5.32 Å². The van der Waals surface area contributed by atoms with Gasteiger partial charge in [-0.05, 0) is 54.2 Å². The van der Waals surface area contributed by atoms with Crippen LogP contribution in [0.5, 0.6) is 5.75 Å². The van der Waals surface area contributed by atoms with Crippen molar-refractivity contribution in [2.75, 3.05) is 4.90 Å². The Balaban J connectivity index is 1.64. The first kappa shape index (κ1) is 21.3. The average molecular weight is 450 g/mol. The lowest BCUT2D eigenvalue weighted by Crippen LogP contribution is -2.54. The van der Waals surface area contributed by atoms with E-state index in [1.807, 2.05) is 0 Å². The van der Waals surface area contributed by atoms with Gasteiger partial charge in [-0.1, -0.05) is 42.5 Å². The van der Waals surface area contributed by atoms with Crippen molar-refractivity contribution in [3.8, 4) is 5.75 Å². The van der Waals surface area contributed by atoms with Gasteiger partial charge in [0.1, 0.15) is 29.6 Å². The van der Waals surface area contributed by atoms with Gasteiger partial charge in [0.2, 0.25) is 0 Å².